The summed E-state index contributed by atoms with van der Waals surface area (Å²) in [6.07, 6.45) is 0. The Bertz CT molecular complexity index is 581. The van der Waals surface area contributed by atoms with Crippen LogP contribution in [0, 0.1) is 6.92 Å². The molecule has 0 atom stereocenters. The zero-order chi connectivity index (χ0) is 15.5. The Hall–Kier alpha value is -1.74. The van der Waals surface area contributed by atoms with Gasteiger partial charge in [-0.2, -0.15) is 0 Å². The average molecular weight is 286 g/mol. The van der Waals surface area contributed by atoms with Crippen LogP contribution in [0.1, 0.15) is 37.9 Å². The van der Waals surface area contributed by atoms with E-state index in [0.29, 0.717) is 0 Å². The van der Waals surface area contributed by atoms with Gasteiger partial charge in [-0.3, -0.25) is 0 Å². The second kappa shape index (κ2) is 6.35. The summed E-state index contributed by atoms with van der Waals surface area (Å²) < 4.78 is 5.90. The van der Waals surface area contributed by atoms with E-state index in [4.69, 9.17) is 4.42 Å². The predicted molar refractivity (Wildman–Crippen MR) is 88.6 cm³/mol. The van der Waals surface area contributed by atoms with Gasteiger partial charge in [0.15, 0.2) is 0 Å². The Morgan fingerprint density at radius 1 is 1.10 bits per heavy atom. The normalized spacial score (nSPS) is 11.7. The highest BCUT2D eigenvalue weighted by Gasteiger charge is 2.11. The van der Waals surface area contributed by atoms with Crippen molar-refractivity contribution in [3.63, 3.8) is 0 Å². The summed E-state index contributed by atoms with van der Waals surface area (Å²) in [7, 11) is 2.09. The topological polar surface area (TPSA) is 28.4 Å². The molecule has 1 aromatic heterocycles. The predicted octanol–water partition coefficient (Wildman–Crippen LogP) is 4.11. The molecule has 1 N–H and O–H groups in total. The number of hydrogen-bond donors (Lipinski definition) is 1. The lowest BCUT2D eigenvalue weighted by Crippen LogP contribution is -2.34. The van der Waals surface area contributed by atoms with Crippen molar-refractivity contribution in [2.75, 3.05) is 11.9 Å². The average Bonchev–Trinajstić information content (AvgIpc) is 2.83. The lowest BCUT2D eigenvalue weighted by atomic mass is 10.1. The summed E-state index contributed by atoms with van der Waals surface area (Å²) in [5.41, 5.74) is 2.58. The van der Waals surface area contributed by atoms with E-state index in [0.717, 1.165) is 24.6 Å². The van der Waals surface area contributed by atoms with Crippen LogP contribution < -0.4 is 10.2 Å². The van der Waals surface area contributed by atoms with Crippen LogP contribution in [0.15, 0.2) is 40.8 Å². The summed E-state index contributed by atoms with van der Waals surface area (Å²) in [5, 5.41) is 3.44. The molecule has 0 saturated carbocycles. The minimum absolute atomic E-state index is 0.102. The molecule has 0 unspecified atom stereocenters. The number of benzene rings is 1. The molecule has 0 amide bonds. The van der Waals surface area contributed by atoms with Crippen molar-refractivity contribution in [3.05, 3.63) is 53.5 Å². The van der Waals surface area contributed by atoms with Crippen molar-refractivity contribution in [1.29, 1.82) is 0 Å². The smallest absolute Gasteiger partial charge is 0.123 e. The minimum atomic E-state index is 0.102. The number of nitrogens with one attached hydrogen (secondary N) is 1. The first-order valence-electron chi connectivity index (χ1n) is 7.44. The highest BCUT2D eigenvalue weighted by Crippen LogP contribution is 2.18. The van der Waals surface area contributed by atoms with Crippen LogP contribution in [0.5, 0.6) is 0 Å². The number of aryl methyl sites for hydroxylation is 1. The maximum Gasteiger partial charge on any atom is 0.123 e. The van der Waals surface area contributed by atoms with Crippen molar-refractivity contribution in [2.45, 2.75) is 46.3 Å². The zero-order valence-corrected chi connectivity index (χ0v) is 13.7. The molecule has 2 rings (SSSR count). The molecule has 0 saturated heterocycles. The van der Waals surface area contributed by atoms with Crippen LogP contribution in [0.25, 0.3) is 0 Å². The van der Waals surface area contributed by atoms with Crippen molar-refractivity contribution in [3.8, 4) is 0 Å². The van der Waals surface area contributed by atoms with E-state index in [-0.39, 0.29) is 5.54 Å². The van der Waals surface area contributed by atoms with Crippen molar-refractivity contribution >= 4 is 5.69 Å². The fraction of sp³-hybridized carbons (Fsp3) is 0.444. The zero-order valence-electron chi connectivity index (χ0n) is 13.7. The Kier molecular flexibility index (Phi) is 4.73. The van der Waals surface area contributed by atoms with Crippen LogP contribution in [0.4, 0.5) is 5.69 Å². The molecule has 0 fully saturated rings. The second-order valence-electron chi connectivity index (χ2n) is 6.67. The molecule has 0 spiro atoms. The molecule has 21 heavy (non-hydrogen) atoms. The van der Waals surface area contributed by atoms with Gasteiger partial charge in [-0.05, 0) is 57.5 Å². The quantitative estimate of drug-likeness (QED) is 0.896. The Labute approximate surface area is 128 Å². The number of anilines is 1. The number of hydrogen-bond acceptors (Lipinski definition) is 3. The lowest BCUT2D eigenvalue weighted by Gasteiger charge is -2.20. The summed E-state index contributed by atoms with van der Waals surface area (Å²) in [4.78, 5) is 2.20. The number of rotatable bonds is 5. The van der Waals surface area contributed by atoms with Crippen molar-refractivity contribution in [2.24, 2.45) is 0 Å². The van der Waals surface area contributed by atoms with Gasteiger partial charge in [0.1, 0.15) is 11.5 Å². The van der Waals surface area contributed by atoms with Gasteiger partial charge in [0.05, 0.1) is 13.1 Å². The lowest BCUT2D eigenvalue weighted by molar-refractivity contribution is 0.378. The van der Waals surface area contributed by atoms with Crippen LogP contribution in [-0.4, -0.2) is 12.6 Å². The van der Waals surface area contributed by atoms with Gasteiger partial charge in [-0.1, -0.05) is 12.1 Å². The molecular formula is C18H26N2O. The fourth-order valence-electron chi connectivity index (χ4n) is 2.15. The molecule has 3 nitrogen and oxygen atoms in total. The van der Waals surface area contributed by atoms with Gasteiger partial charge in [-0.25, -0.2) is 0 Å². The first-order chi connectivity index (χ1) is 9.83. The summed E-state index contributed by atoms with van der Waals surface area (Å²) >= 11 is 0. The van der Waals surface area contributed by atoms with Gasteiger partial charge in [-0.15, -0.1) is 0 Å². The maximum atomic E-state index is 5.90. The molecule has 1 aromatic carbocycles. The molecule has 0 aliphatic heterocycles. The molecule has 0 aliphatic carbocycles. The summed E-state index contributed by atoms with van der Waals surface area (Å²) in [6.45, 7) is 10.1. The number of nitrogens with zero attached hydrogens (tertiary/aromatic N) is 1. The monoisotopic (exact) mass is 286 g/mol. The molecule has 0 aliphatic rings. The second-order valence-corrected chi connectivity index (χ2v) is 6.67. The van der Waals surface area contributed by atoms with Crippen molar-refractivity contribution < 1.29 is 4.42 Å². The summed E-state index contributed by atoms with van der Waals surface area (Å²) in [6, 6.07) is 12.6. The maximum absolute atomic E-state index is 5.90. The van der Waals surface area contributed by atoms with E-state index in [1.54, 1.807) is 0 Å². The fourth-order valence-corrected chi connectivity index (χ4v) is 2.15. The molecular weight excluding hydrogens is 260 g/mol. The van der Waals surface area contributed by atoms with E-state index in [9.17, 15) is 0 Å². The van der Waals surface area contributed by atoms with Crippen molar-refractivity contribution in [1.82, 2.24) is 5.32 Å². The molecule has 1 heterocycles. The molecule has 114 valence electrons. The summed E-state index contributed by atoms with van der Waals surface area (Å²) in [5.74, 6) is 1.97. The highest BCUT2D eigenvalue weighted by molar-refractivity contribution is 5.47. The standard InChI is InChI=1S/C18H26N2O/c1-14-7-6-8-15(11-14)20(5)13-17-10-9-16(21-17)12-19-18(2,3)4/h6-11,19H,12-13H2,1-5H3. The van der Waals surface area contributed by atoms with E-state index in [1.807, 2.05) is 0 Å². The third kappa shape index (κ3) is 4.94. The third-order valence-corrected chi connectivity index (χ3v) is 3.35. The minimum Gasteiger partial charge on any atom is -0.463 e. The first kappa shape index (κ1) is 15.6. The van der Waals surface area contributed by atoms with E-state index in [1.165, 1.54) is 11.3 Å². The van der Waals surface area contributed by atoms with Crippen LogP contribution in [0.2, 0.25) is 0 Å². The van der Waals surface area contributed by atoms with Gasteiger partial charge in [0.25, 0.3) is 0 Å². The van der Waals surface area contributed by atoms with E-state index >= 15 is 0 Å². The van der Waals surface area contributed by atoms with E-state index < -0.39 is 0 Å². The molecule has 0 bridgehead atoms. The van der Waals surface area contributed by atoms with Crippen LogP contribution in [-0.2, 0) is 13.1 Å². The molecule has 2 aromatic rings. The Morgan fingerprint density at radius 2 is 1.81 bits per heavy atom. The van der Waals surface area contributed by atoms with Gasteiger partial charge in [0.2, 0.25) is 0 Å². The van der Waals surface area contributed by atoms with Crippen LogP contribution in [0.3, 0.4) is 0 Å². The number of furan rings is 1. The van der Waals surface area contributed by atoms with Gasteiger partial charge in [0, 0.05) is 18.3 Å². The highest BCUT2D eigenvalue weighted by atomic mass is 16.3. The van der Waals surface area contributed by atoms with E-state index in [2.05, 4.69) is 81.4 Å². The third-order valence-electron chi connectivity index (χ3n) is 3.35. The Morgan fingerprint density at radius 3 is 2.48 bits per heavy atom. The SMILES string of the molecule is Cc1cccc(N(C)Cc2ccc(CNC(C)(C)C)o2)c1. The van der Waals surface area contributed by atoms with Gasteiger partial charge < -0.3 is 14.6 Å². The molecule has 0 radical (unpaired) electrons. The Balaban J connectivity index is 1.96. The van der Waals surface area contributed by atoms with Gasteiger partial charge >= 0.3 is 0 Å². The van der Waals surface area contributed by atoms with Crippen LogP contribution >= 0.6 is 0 Å². The molecule has 3 heteroatoms. The first-order valence-corrected chi connectivity index (χ1v) is 7.44. The largest absolute Gasteiger partial charge is 0.463 e.